The first-order chi connectivity index (χ1) is 18.5. The fraction of sp³-hybridized carbons (Fsp3) is 0.233. The van der Waals surface area contributed by atoms with Gasteiger partial charge in [-0.05, 0) is 48.2 Å². The molecule has 8 heteroatoms. The topological polar surface area (TPSA) is 76.2 Å². The largest absolute Gasteiger partial charge is 0.388 e. The third kappa shape index (κ3) is 4.64. The minimum absolute atomic E-state index is 0.0972. The molecule has 0 atom stereocenters. The Morgan fingerprint density at radius 2 is 1.50 bits per heavy atom. The summed E-state index contributed by atoms with van der Waals surface area (Å²) < 4.78 is 16.3. The van der Waals surface area contributed by atoms with Crippen molar-refractivity contribution in [3.8, 4) is 5.69 Å². The summed E-state index contributed by atoms with van der Waals surface area (Å²) in [6, 6.07) is 26.8. The number of rotatable bonds is 6. The second-order valence-corrected chi connectivity index (χ2v) is 9.93. The van der Waals surface area contributed by atoms with Crippen LogP contribution in [0, 0.1) is 5.82 Å². The van der Waals surface area contributed by atoms with Crippen molar-refractivity contribution in [1.29, 1.82) is 0 Å². The summed E-state index contributed by atoms with van der Waals surface area (Å²) in [5, 5.41) is 16.2. The Kier molecular flexibility index (Phi) is 6.35. The lowest BCUT2D eigenvalue weighted by Crippen LogP contribution is -2.49. The molecule has 3 heterocycles. The maximum atomic E-state index is 13.3. The molecule has 2 aromatic heterocycles. The smallest absolute Gasteiger partial charge is 0.264 e. The van der Waals surface area contributed by atoms with Crippen LogP contribution in [-0.4, -0.2) is 48.0 Å². The molecule has 0 unspecified atom stereocenters. The van der Waals surface area contributed by atoms with Crippen molar-refractivity contribution in [2.24, 2.45) is 0 Å². The molecule has 0 radical (unpaired) electrons. The molecule has 1 fully saturated rings. The Bertz CT molecular complexity index is 1550. The van der Waals surface area contributed by atoms with Gasteiger partial charge in [-0.2, -0.15) is 5.10 Å². The highest BCUT2D eigenvalue weighted by molar-refractivity contribution is 5.74. The van der Waals surface area contributed by atoms with Gasteiger partial charge < -0.3 is 5.11 Å². The zero-order valence-electron chi connectivity index (χ0n) is 20.8. The molecule has 6 rings (SSSR count). The van der Waals surface area contributed by atoms with Crippen LogP contribution in [0.1, 0.15) is 30.0 Å². The van der Waals surface area contributed by atoms with E-state index >= 15 is 0 Å². The molecule has 0 bridgehead atoms. The Hall–Kier alpha value is -4.14. The monoisotopic (exact) mass is 509 g/mol. The predicted molar refractivity (Wildman–Crippen MR) is 144 cm³/mol. The number of hydrogen-bond donors (Lipinski definition) is 1. The lowest BCUT2D eigenvalue weighted by molar-refractivity contribution is -0.0407. The van der Waals surface area contributed by atoms with Crippen molar-refractivity contribution < 1.29 is 9.50 Å². The van der Waals surface area contributed by atoms with Crippen LogP contribution in [0.25, 0.3) is 16.7 Å². The van der Waals surface area contributed by atoms with Gasteiger partial charge in [-0.25, -0.2) is 14.1 Å². The van der Waals surface area contributed by atoms with Gasteiger partial charge in [0, 0.05) is 13.1 Å². The number of aliphatic hydroxyl groups is 1. The van der Waals surface area contributed by atoms with Crippen LogP contribution < -0.4 is 5.56 Å². The predicted octanol–water partition coefficient (Wildman–Crippen LogP) is 4.34. The fourth-order valence-electron chi connectivity index (χ4n) is 5.39. The second-order valence-electron chi connectivity index (χ2n) is 9.93. The van der Waals surface area contributed by atoms with Crippen molar-refractivity contribution in [3.63, 3.8) is 0 Å². The number of piperidine rings is 1. The van der Waals surface area contributed by atoms with E-state index in [4.69, 9.17) is 0 Å². The molecule has 0 amide bonds. The highest BCUT2D eigenvalue weighted by Gasteiger charge is 2.36. The fourth-order valence-corrected chi connectivity index (χ4v) is 5.39. The lowest BCUT2D eigenvalue weighted by atomic mass is 9.88. The standard InChI is InChI=1S/C30H28FN5O2/c31-24-11-13-25(14-12-24)36-28-26(19-33-36)29(37)35(21-32-28)20-30(38)15-17-34(18-16-30)27(22-7-3-1-4-8-22)23-9-5-2-6-10-23/h1-14,19,21,27,38H,15-18,20H2. The van der Waals surface area contributed by atoms with Crippen LogP contribution in [0.4, 0.5) is 4.39 Å². The lowest BCUT2D eigenvalue weighted by Gasteiger charge is -2.42. The van der Waals surface area contributed by atoms with E-state index in [0.717, 1.165) is 0 Å². The van der Waals surface area contributed by atoms with Gasteiger partial charge in [0.1, 0.15) is 17.5 Å². The van der Waals surface area contributed by atoms with Crippen LogP contribution in [0.5, 0.6) is 0 Å². The molecule has 0 aliphatic carbocycles. The van der Waals surface area contributed by atoms with Crippen LogP contribution >= 0.6 is 0 Å². The van der Waals surface area contributed by atoms with E-state index in [-0.39, 0.29) is 24.0 Å². The van der Waals surface area contributed by atoms with Gasteiger partial charge in [0.2, 0.25) is 0 Å². The first kappa shape index (κ1) is 24.2. The summed E-state index contributed by atoms with van der Waals surface area (Å²) in [5.74, 6) is -0.348. The molecule has 0 saturated carbocycles. The number of likely N-dealkylation sites (tertiary alicyclic amines) is 1. The molecule has 3 aromatic carbocycles. The quantitative estimate of drug-likeness (QED) is 0.369. The van der Waals surface area contributed by atoms with E-state index in [1.54, 1.807) is 12.1 Å². The van der Waals surface area contributed by atoms with E-state index in [0.29, 0.717) is 42.7 Å². The molecule has 5 aromatic rings. The number of nitrogens with zero attached hydrogens (tertiary/aromatic N) is 5. The van der Waals surface area contributed by atoms with E-state index in [9.17, 15) is 14.3 Å². The molecular weight excluding hydrogens is 481 g/mol. The molecule has 1 aliphatic heterocycles. The zero-order valence-corrected chi connectivity index (χ0v) is 20.8. The Morgan fingerprint density at radius 3 is 2.11 bits per heavy atom. The van der Waals surface area contributed by atoms with Crippen LogP contribution in [0.3, 0.4) is 0 Å². The van der Waals surface area contributed by atoms with Crippen LogP contribution in [-0.2, 0) is 6.54 Å². The van der Waals surface area contributed by atoms with E-state index < -0.39 is 5.60 Å². The number of fused-ring (bicyclic) bond motifs is 1. The molecule has 1 aliphatic rings. The summed E-state index contributed by atoms with van der Waals surface area (Å²) in [5.41, 5.74) is 2.16. The van der Waals surface area contributed by atoms with Gasteiger partial charge in [0.15, 0.2) is 5.65 Å². The third-order valence-electron chi connectivity index (χ3n) is 7.41. The van der Waals surface area contributed by atoms with E-state index in [1.165, 1.54) is 45.0 Å². The summed E-state index contributed by atoms with van der Waals surface area (Å²) in [4.78, 5) is 20.1. The number of benzene rings is 3. The van der Waals surface area contributed by atoms with Crippen molar-refractivity contribution in [3.05, 3.63) is 125 Å². The molecule has 38 heavy (non-hydrogen) atoms. The third-order valence-corrected chi connectivity index (χ3v) is 7.41. The minimum Gasteiger partial charge on any atom is -0.388 e. The summed E-state index contributed by atoms with van der Waals surface area (Å²) in [7, 11) is 0. The first-order valence-electron chi connectivity index (χ1n) is 12.8. The van der Waals surface area contributed by atoms with Gasteiger partial charge in [-0.1, -0.05) is 60.7 Å². The highest BCUT2D eigenvalue weighted by Crippen LogP contribution is 2.34. The number of hydrogen-bond acceptors (Lipinski definition) is 5. The van der Waals surface area contributed by atoms with Gasteiger partial charge in [0.25, 0.3) is 5.56 Å². The Labute approximate surface area is 219 Å². The summed E-state index contributed by atoms with van der Waals surface area (Å²) in [6.45, 7) is 1.54. The van der Waals surface area contributed by atoms with E-state index in [1.807, 2.05) is 12.1 Å². The average Bonchev–Trinajstić information content (AvgIpc) is 3.38. The van der Waals surface area contributed by atoms with Crippen LogP contribution in [0.15, 0.2) is 102 Å². The van der Waals surface area contributed by atoms with Crippen molar-refractivity contribution in [2.75, 3.05) is 13.1 Å². The molecule has 7 nitrogen and oxygen atoms in total. The average molecular weight is 510 g/mol. The minimum atomic E-state index is -1.03. The molecule has 1 N–H and O–H groups in total. The summed E-state index contributed by atoms with van der Waals surface area (Å²) >= 11 is 0. The number of halogens is 1. The maximum absolute atomic E-state index is 13.3. The molecule has 192 valence electrons. The van der Waals surface area contributed by atoms with E-state index in [2.05, 4.69) is 63.5 Å². The highest BCUT2D eigenvalue weighted by atomic mass is 19.1. The van der Waals surface area contributed by atoms with Crippen LogP contribution in [0.2, 0.25) is 0 Å². The van der Waals surface area contributed by atoms with Gasteiger partial charge in [-0.15, -0.1) is 0 Å². The zero-order chi connectivity index (χ0) is 26.1. The van der Waals surface area contributed by atoms with Gasteiger partial charge in [0.05, 0.1) is 30.1 Å². The van der Waals surface area contributed by atoms with Crippen molar-refractivity contribution >= 4 is 11.0 Å². The van der Waals surface area contributed by atoms with Gasteiger partial charge >= 0.3 is 0 Å². The molecule has 1 saturated heterocycles. The van der Waals surface area contributed by atoms with Crippen molar-refractivity contribution in [2.45, 2.75) is 31.0 Å². The maximum Gasteiger partial charge on any atom is 0.264 e. The van der Waals surface area contributed by atoms with Gasteiger partial charge in [-0.3, -0.25) is 14.3 Å². The molecular formula is C30H28FN5O2. The Morgan fingerprint density at radius 1 is 0.895 bits per heavy atom. The summed E-state index contributed by atoms with van der Waals surface area (Å²) in [6.07, 6.45) is 4.00. The molecule has 0 spiro atoms. The second kappa shape index (κ2) is 9.96. The Balaban J connectivity index is 1.22. The first-order valence-corrected chi connectivity index (χ1v) is 12.8. The normalized spacial score (nSPS) is 15.8. The van der Waals surface area contributed by atoms with Crippen molar-refractivity contribution in [1.82, 2.24) is 24.2 Å². The number of aromatic nitrogens is 4. The SMILES string of the molecule is O=c1c2cnn(-c3ccc(F)cc3)c2ncn1CC1(O)CCN(C(c2ccccc2)c2ccccc2)CC1.